The van der Waals surface area contributed by atoms with Crippen molar-refractivity contribution in [2.45, 2.75) is 11.3 Å². The molecule has 0 aromatic heterocycles. The van der Waals surface area contributed by atoms with Gasteiger partial charge in [0.15, 0.2) is 9.84 Å². The number of hydrazine groups is 1. The largest absolute Gasteiger partial charge is 0.273 e. The first-order chi connectivity index (χ1) is 12.4. The topological polar surface area (TPSA) is 92.3 Å². The van der Waals surface area contributed by atoms with Crippen molar-refractivity contribution in [2.75, 3.05) is 17.3 Å². The third-order valence-electron chi connectivity index (χ3n) is 4.10. The van der Waals surface area contributed by atoms with Crippen molar-refractivity contribution in [2.24, 2.45) is 5.92 Å². The molecule has 2 amide bonds. The van der Waals surface area contributed by atoms with Crippen LogP contribution in [0.25, 0.3) is 10.8 Å². The smallest absolute Gasteiger partial charge is 0.248 e. The molecule has 0 radical (unpaired) electrons. The Hall–Kier alpha value is -1.77. The second-order valence-corrected chi connectivity index (χ2v) is 9.67. The molecule has 3 rings (SSSR count). The zero-order valence-electron chi connectivity index (χ0n) is 13.7. The van der Waals surface area contributed by atoms with Crippen LogP contribution in [-0.2, 0) is 19.4 Å². The molecule has 2 N–H and O–H groups in total. The minimum Gasteiger partial charge on any atom is -0.273 e. The number of hydrogen-bond acceptors (Lipinski definition) is 5. The van der Waals surface area contributed by atoms with E-state index in [0.29, 0.717) is 5.02 Å². The highest BCUT2D eigenvalue weighted by Gasteiger charge is 2.33. The van der Waals surface area contributed by atoms with Gasteiger partial charge >= 0.3 is 0 Å². The van der Waals surface area contributed by atoms with E-state index in [1.807, 2.05) is 30.3 Å². The van der Waals surface area contributed by atoms with Gasteiger partial charge in [-0.15, -0.1) is 11.8 Å². The third-order valence-corrected chi connectivity index (χ3v) is 7.24. The molecule has 0 unspecified atom stereocenters. The molecule has 0 bridgehead atoms. The number of fused-ring (bicyclic) bond motifs is 1. The van der Waals surface area contributed by atoms with Gasteiger partial charge in [-0.25, -0.2) is 8.42 Å². The Balaban J connectivity index is 1.54. The van der Waals surface area contributed by atoms with Crippen molar-refractivity contribution < 1.29 is 18.0 Å². The third kappa shape index (κ3) is 4.49. The number of rotatable bonds is 4. The van der Waals surface area contributed by atoms with Crippen LogP contribution in [0.3, 0.4) is 0 Å². The highest BCUT2D eigenvalue weighted by molar-refractivity contribution is 8.00. The number of hydrogen-bond donors (Lipinski definition) is 2. The van der Waals surface area contributed by atoms with Gasteiger partial charge in [0.25, 0.3) is 0 Å². The molecule has 1 heterocycles. The number of amides is 2. The molecule has 2 aromatic carbocycles. The molecular formula is C17H17ClN2O4S2. The maximum Gasteiger partial charge on any atom is 0.248 e. The van der Waals surface area contributed by atoms with Gasteiger partial charge in [-0.2, -0.15) is 0 Å². The Morgan fingerprint density at radius 1 is 1.15 bits per heavy atom. The van der Waals surface area contributed by atoms with E-state index in [1.54, 1.807) is 6.07 Å². The van der Waals surface area contributed by atoms with E-state index in [4.69, 9.17) is 11.6 Å². The van der Waals surface area contributed by atoms with Gasteiger partial charge in [-0.05, 0) is 23.9 Å². The van der Waals surface area contributed by atoms with E-state index in [-0.39, 0.29) is 29.6 Å². The standard InChI is InChI=1S/C17H17ClN2O4S2/c18-13-5-1-3-11-4-2-6-14(16(11)13)25-9-15(21)19-20-17(22)12-7-8-26(23,24)10-12/h1-6,12H,7-10H2,(H,19,21)(H,20,22)/t12-/m1/s1. The van der Waals surface area contributed by atoms with Crippen LogP contribution >= 0.6 is 23.4 Å². The van der Waals surface area contributed by atoms with E-state index in [9.17, 15) is 18.0 Å². The van der Waals surface area contributed by atoms with Crippen molar-refractivity contribution in [1.82, 2.24) is 10.9 Å². The van der Waals surface area contributed by atoms with Crippen LogP contribution in [0, 0.1) is 5.92 Å². The quantitative estimate of drug-likeness (QED) is 0.593. The lowest BCUT2D eigenvalue weighted by atomic mass is 10.1. The van der Waals surface area contributed by atoms with Crippen LogP contribution in [0.2, 0.25) is 5.02 Å². The lowest BCUT2D eigenvalue weighted by Crippen LogP contribution is -2.45. The predicted octanol–water partition coefficient (Wildman–Crippen LogP) is 2.17. The highest BCUT2D eigenvalue weighted by atomic mass is 35.5. The summed E-state index contributed by atoms with van der Waals surface area (Å²) in [6.45, 7) is 0. The van der Waals surface area contributed by atoms with Gasteiger partial charge in [0.05, 0.1) is 23.2 Å². The summed E-state index contributed by atoms with van der Waals surface area (Å²) in [5.41, 5.74) is 4.64. The number of nitrogens with one attached hydrogen (secondary N) is 2. The average molecular weight is 413 g/mol. The molecule has 1 atom stereocenters. The van der Waals surface area contributed by atoms with Crippen molar-refractivity contribution >= 4 is 55.8 Å². The van der Waals surface area contributed by atoms with Crippen LogP contribution in [0.4, 0.5) is 0 Å². The minimum atomic E-state index is -3.14. The Labute approximate surface area is 160 Å². The molecular weight excluding hydrogens is 396 g/mol. The first kappa shape index (κ1) is 19.0. The average Bonchev–Trinajstić information content (AvgIpc) is 2.98. The number of sulfone groups is 1. The molecule has 1 fully saturated rings. The summed E-state index contributed by atoms with van der Waals surface area (Å²) >= 11 is 7.57. The number of thioether (sulfide) groups is 1. The van der Waals surface area contributed by atoms with Crippen molar-refractivity contribution in [3.8, 4) is 0 Å². The fourth-order valence-corrected chi connectivity index (χ4v) is 5.78. The lowest BCUT2D eigenvalue weighted by Gasteiger charge is -2.11. The normalized spacial score (nSPS) is 18.6. The Kier molecular flexibility index (Phi) is 5.74. The Morgan fingerprint density at radius 3 is 2.58 bits per heavy atom. The summed E-state index contributed by atoms with van der Waals surface area (Å²) in [6.07, 6.45) is 0.285. The maximum absolute atomic E-state index is 12.0. The van der Waals surface area contributed by atoms with Gasteiger partial charge in [-0.3, -0.25) is 20.4 Å². The summed E-state index contributed by atoms with van der Waals surface area (Å²) in [5.74, 6) is -1.53. The molecule has 9 heteroatoms. The summed E-state index contributed by atoms with van der Waals surface area (Å²) in [4.78, 5) is 24.8. The fourth-order valence-electron chi connectivity index (χ4n) is 2.80. The minimum absolute atomic E-state index is 0.0106. The molecule has 1 aliphatic heterocycles. The van der Waals surface area contributed by atoms with Gasteiger partial charge in [0, 0.05) is 15.3 Å². The second-order valence-electron chi connectivity index (χ2n) is 6.02. The lowest BCUT2D eigenvalue weighted by molar-refractivity contribution is -0.129. The van der Waals surface area contributed by atoms with Crippen molar-refractivity contribution in [3.63, 3.8) is 0 Å². The molecule has 0 spiro atoms. The fraction of sp³-hybridized carbons (Fsp3) is 0.294. The molecule has 0 aliphatic carbocycles. The number of carbonyl (C=O) groups excluding carboxylic acids is 2. The second kappa shape index (κ2) is 7.85. The first-order valence-corrected chi connectivity index (χ1v) is 11.1. The van der Waals surface area contributed by atoms with E-state index < -0.39 is 21.7 Å². The van der Waals surface area contributed by atoms with E-state index >= 15 is 0 Å². The summed E-state index contributed by atoms with van der Waals surface area (Å²) in [7, 11) is -3.14. The molecule has 6 nitrogen and oxygen atoms in total. The molecule has 138 valence electrons. The van der Waals surface area contributed by atoms with E-state index in [2.05, 4.69) is 10.9 Å². The van der Waals surface area contributed by atoms with Crippen LogP contribution in [0.5, 0.6) is 0 Å². The van der Waals surface area contributed by atoms with E-state index in [1.165, 1.54) is 11.8 Å². The molecule has 2 aromatic rings. The van der Waals surface area contributed by atoms with Crippen molar-refractivity contribution in [1.29, 1.82) is 0 Å². The van der Waals surface area contributed by atoms with Gasteiger partial charge < -0.3 is 0 Å². The molecule has 0 saturated carbocycles. The summed E-state index contributed by atoms with van der Waals surface area (Å²) < 4.78 is 22.8. The monoisotopic (exact) mass is 412 g/mol. The summed E-state index contributed by atoms with van der Waals surface area (Å²) in [5, 5.41) is 2.48. The van der Waals surface area contributed by atoms with Crippen LogP contribution in [-0.4, -0.2) is 37.5 Å². The first-order valence-electron chi connectivity index (χ1n) is 7.95. The number of halogens is 1. The maximum atomic E-state index is 12.0. The van der Waals surface area contributed by atoms with E-state index in [0.717, 1.165) is 15.7 Å². The Bertz CT molecular complexity index is 957. The van der Waals surface area contributed by atoms with Gasteiger partial charge in [0.1, 0.15) is 0 Å². The predicted molar refractivity (Wildman–Crippen MR) is 103 cm³/mol. The molecule has 1 aliphatic rings. The molecule has 26 heavy (non-hydrogen) atoms. The number of carbonyl (C=O) groups is 2. The van der Waals surface area contributed by atoms with Crippen LogP contribution < -0.4 is 10.9 Å². The molecule has 1 saturated heterocycles. The van der Waals surface area contributed by atoms with Gasteiger partial charge in [0.2, 0.25) is 11.8 Å². The summed E-state index contributed by atoms with van der Waals surface area (Å²) in [6, 6.07) is 11.3. The van der Waals surface area contributed by atoms with Crippen LogP contribution in [0.15, 0.2) is 41.3 Å². The highest BCUT2D eigenvalue weighted by Crippen LogP contribution is 2.33. The Morgan fingerprint density at radius 2 is 1.88 bits per heavy atom. The van der Waals surface area contributed by atoms with Gasteiger partial charge in [-0.1, -0.05) is 35.9 Å². The zero-order chi connectivity index (χ0) is 18.7. The van der Waals surface area contributed by atoms with Crippen molar-refractivity contribution in [3.05, 3.63) is 41.4 Å². The SMILES string of the molecule is O=C(CSc1cccc2cccc(Cl)c12)NNC(=O)[C@@H]1CCS(=O)(=O)C1. The zero-order valence-corrected chi connectivity index (χ0v) is 16.1. The number of benzene rings is 2. The van der Waals surface area contributed by atoms with Crippen LogP contribution in [0.1, 0.15) is 6.42 Å².